The minimum atomic E-state index is 0.418. The van der Waals surface area contributed by atoms with Crippen molar-refractivity contribution in [2.45, 2.75) is 45.4 Å². The first-order valence-corrected chi connectivity index (χ1v) is 8.99. The van der Waals surface area contributed by atoms with Crippen molar-refractivity contribution in [2.75, 3.05) is 44.2 Å². The molecule has 5 nitrogen and oxygen atoms in total. The van der Waals surface area contributed by atoms with Crippen LogP contribution in [-0.2, 0) is 0 Å². The molecule has 0 aromatic carbocycles. The van der Waals surface area contributed by atoms with Gasteiger partial charge in [0.15, 0.2) is 0 Å². The van der Waals surface area contributed by atoms with Crippen molar-refractivity contribution < 1.29 is 0 Å². The average molecular weight is 311 g/mol. The second-order valence-electron chi connectivity index (χ2n) is 6.12. The Kier molecular flexibility index (Phi) is 6.86. The molecule has 0 amide bonds. The second kappa shape index (κ2) is 8.66. The fourth-order valence-electron chi connectivity index (χ4n) is 2.63. The molecule has 0 unspecified atom stereocenters. The molecule has 0 aliphatic carbocycles. The lowest BCUT2D eigenvalue weighted by Crippen LogP contribution is -2.31. The lowest BCUT2D eigenvalue weighted by Gasteiger charge is -2.21. The maximum absolute atomic E-state index is 5.55. The van der Waals surface area contributed by atoms with Crippen LogP contribution in [0.5, 0.6) is 0 Å². The predicted molar refractivity (Wildman–Crippen MR) is 90.2 cm³/mol. The fourth-order valence-corrected chi connectivity index (χ4v) is 3.49. The van der Waals surface area contributed by atoms with Crippen LogP contribution in [-0.4, -0.2) is 53.5 Å². The molecule has 1 aliphatic heterocycles. The number of hydrogen-bond acceptors (Lipinski definition) is 6. The highest BCUT2D eigenvalue weighted by molar-refractivity contribution is 7.09. The van der Waals surface area contributed by atoms with E-state index in [-0.39, 0.29) is 0 Å². The molecule has 2 heterocycles. The Bertz CT molecular complexity index is 407. The van der Waals surface area contributed by atoms with E-state index in [4.69, 9.17) is 5.73 Å². The van der Waals surface area contributed by atoms with Crippen LogP contribution in [0, 0.1) is 0 Å². The van der Waals surface area contributed by atoms with Gasteiger partial charge in [-0.05, 0) is 38.9 Å². The standard InChI is InChI=1S/C15H29N5S/c1-13(2)14-17-15(21-18-14)20-10-6-9-19(11-12-20)8-5-3-4-7-16/h13H,3-12,16H2,1-2H3. The third-order valence-corrected chi connectivity index (χ3v) is 4.78. The summed E-state index contributed by atoms with van der Waals surface area (Å²) in [5.74, 6) is 1.40. The van der Waals surface area contributed by atoms with E-state index in [1.165, 1.54) is 32.4 Å². The number of hydrogen-bond donors (Lipinski definition) is 1. The quantitative estimate of drug-likeness (QED) is 0.783. The Hall–Kier alpha value is -0.720. The van der Waals surface area contributed by atoms with Crippen LogP contribution in [0.25, 0.3) is 0 Å². The van der Waals surface area contributed by atoms with E-state index < -0.39 is 0 Å². The molecule has 2 N–H and O–H groups in total. The minimum absolute atomic E-state index is 0.418. The van der Waals surface area contributed by atoms with Gasteiger partial charge in [-0.25, -0.2) is 4.98 Å². The van der Waals surface area contributed by atoms with E-state index in [0.717, 1.165) is 43.6 Å². The molecule has 1 aliphatic rings. The molecular formula is C15H29N5S. The summed E-state index contributed by atoms with van der Waals surface area (Å²) in [6, 6.07) is 0. The van der Waals surface area contributed by atoms with Crippen LogP contribution < -0.4 is 10.6 Å². The van der Waals surface area contributed by atoms with Gasteiger partial charge in [0.05, 0.1) is 0 Å². The first-order chi connectivity index (χ1) is 10.2. The van der Waals surface area contributed by atoms with Crippen LogP contribution in [0.4, 0.5) is 5.13 Å². The van der Waals surface area contributed by atoms with Crippen molar-refractivity contribution in [1.29, 1.82) is 0 Å². The summed E-state index contributed by atoms with van der Waals surface area (Å²) < 4.78 is 4.47. The molecule has 0 bridgehead atoms. The molecule has 6 heteroatoms. The van der Waals surface area contributed by atoms with Crippen LogP contribution in [0.2, 0.25) is 0 Å². The summed E-state index contributed by atoms with van der Waals surface area (Å²) in [6.07, 6.45) is 4.90. The molecule has 1 saturated heterocycles. The van der Waals surface area contributed by atoms with E-state index in [1.54, 1.807) is 11.5 Å². The first kappa shape index (κ1) is 16.6. The van der Waals surface area contributed by atoms with Crippen molar-refractivity contribution >= 4 is 16.7 Å². The van der Waals surface area contributed by atoms with E-state index >= 15 is 0 Å². The lowest BCUT2D eigenvalue weighted by molar-refractivity contribution is 0.286. The third-order valence-electron chi connectivity index (χ3n) is 3.98. The van der Waals surface area contributed by atoms with Gasteiger partial charge in [-0.3, -0.25) is 0 Å². The molecule has 0 radical (unpaired) electrons. The topological polar surface area (TPSA) is 58.3 Å². The molecule has 1 aromatic heterocycles. The van der Waals surface area contributed by atoms with Crippen LogP contribution in [0.3, 0.4) is 0 Å². The number of unbranched alkanes of at least 4 members (excludes halogenated alkanes) is 2. The maximum atomic E-state index is 5.55. The summed E-state index contributed by atoms with van der Waals surface area (Å²) in [4.78, 5) is 9.68. The molecule has 0 saturated carbocycles. The Morgan fingerprint density at radius 1 is 1.14 bits per heavy atom. The Morgan fingerprint density at radius 2 is 2.00 bits per heavy atom. The van der Waals surface area contributed by atoms with Gasteiger partial charge in [0.25, 0.3) is 0 Å². The summed E-state index contributed by atoms with van der Waals surface area (Å²) >= 11 is 1.55. The molecule has 21 heavy (non-hydrogen) atoms. The molecular weight excluding hydrogens is 282 g/mol. The Labute approximate surface area is 132 Å². The highest BCUT2D eigenvalue weighted by Crippen LogP contribution is 2.22. The Balaban J connectivity index is 1.79. The predicted octanol–water partition coefficient (Wildman–Crippen LogP) is 2.30. The third kappa shape index (κ3) is 5.20. The molecule has 1 fully saturated rings. The van der Waals surface area contributed by atoms with E-state index in [1.807, 2.05) is 0 Å². The van der Waals surface area contributed by atoms with Gasteiger partial charge >= 0.3 is 0 Å². The minimum Gasteiger partial charge on any atom is -0.346 e. The zero-order valence-electron chi connectivity index (χ0n) is 13.4. The van der Waals surface area contributed by atoms with Crippen LogP contribution in [0.15, 0.2) is 0 Å². The largest absolute Gasteiger partial charge is 0.346 e. The van der Waals surface area contributed by atoms with Crippen molar-refractivity contribution in [3.05, 3.63) is 5.82 Å². The average Bonchev–Trinajstić information content (AvgIpc) is 2.85. The number of nitrogens with zero attached hydrogens (tertiary/aromatic N) is 4. The molecule has 120 valence electrons. The van der Waals surface area contributed by atoms with E-state index in [0.29, 0.717) is 5.92 Å². The second-order valence-corrected chi connectivity index (χ2v) is 6.85. The van der Waals surface area contributed by atoms with Gasteiger partial charge in [0, 0.05) is 37.1 Å². The highest BCUT2D eigenvalue weighted by atomic mass is 32.1. The number of nitrogens with two attached hydrogens (primary N) is 1. The summed E-state index contributed by atoms with van der Waals surface area (Å²) in [5.41, 5.74) is 5.55. The molecule has 1 aromatic rings. The zero-order valence-corrected chi connectivity index (χ0v) is 14.2. The summed E-state index contributed by atoms with van der Waals surface area (Å²) in [5, 5.41) is 1.10. The van der Waals surface area contributed by atoms with E-state index in [2.05, 4.69) is 33.0 Å². The van der Waals surface area contributed by atoms with Gasteiger partial charge in [-0.1, -0.05) is 20.3 Å². The highest BCUT2D eigenvalue weighted by Gasteiger charge is 2.18. The van der Waals surface area contributed by atoms with E-state index in [9.17, 15) is 0 Å². The van der Waals surface area contributed by atoms with Gasteiger partial charge in [-0.15, -0.1) is 0 Å². The monoisotopic (exact) mass is 311 g/mol. The number of rotatable bonds is 7. The molecule has 2 rings (SSSR count). The van der Waals surface area contributed by atoms with Crippen molar-refractivity contribution in [3.63, 3.8) is 0 Å². The number of anilines is 1. The fraction of sp³-hybridized carbons (Fsp3) is 0.867. The van der Waals surface area contributed by atoms with Crippen molar-refractivity contribution in [2.24, 2.45) is 5.73 Å². The first-order valence-electron chi connectivity index (χ1n) is 8.21. The molecule has 0 spiro atoms. The SMILES string of the molecule is CC(C)c1nsc(N2CCCN(CCCCCN)CC2)n1. The van der Waals surface area contributed by atoms with Gasteiger partial charge in [0.2, 0.25) is 5.13 Å². The van der Waals surface area contributed by atoms with Crippen LogP contribution >= 0.6 is 11.5 Å². The normalized spacial score (nSPS) is 17.4. The van der Waals surface area contributed by atoms with Crippen molar-refractivity contribution in [1.82, 2.24) is 14.3 Å². The van der Waals surface area contributed by atoms with Gasteiger partial charge in [-0.2, -0.15) is 4.37 Å². The van der Waals surface area contributed by atoms with Gasteiger partial charge in [0.1, 0.15) is 5.82 Å². The zero-order chi connectivity index (χ0) is 15.1. The van der Waals surface area contributed by atoms with Crippen LogP contribution in [0.1, 0.15) is 51.3 Å². The smallest absolute Gasteiger partial charge is 0.205 e. The maximum Gasteiger partial charge on any atom is 0.205 e. The van der Waals surface area contributed by atoms with Crippen molar-refractivity contribution in [3.8, 4) is 0 Å². The summed E-state index contributed by atoms with van der Waals surface area (Å²) in [7, 11) is 0. The lowest BCUT2D eigenvalue weighted by atomic mass is 10.2. The van der Waals surface area contributed by atoms with Gasteiger partial charge < -0.3 is 15.5 Å². The Morgan fingerprint density at radius 3 is 2.71 bits per heavy atom. The summed E-state index contributed by atoms with van der Waals surface area (Å²) in [6.45, 7) is 10.8. The molecule has 0 atom stereocenters. The number of aromatic nitrogens is 2.